The maximum absolute atomic E-state index is 12.7. The molecular formula is C27H29ClN4O2S. The Balaban J connectivity index is 1.26. The fourth-order valence-electron chi connectivity index (χ4n) is 3.95. The number of morpholine rings is 1. The molecule has 35 heavy (non-hydrogen) atoms. The van der Waals surface area contributed by atoms with E-state index in [9.17, 15) is 10.1 Å². The Bertz CT molecular complexity index is 1170. The summed E-state index contributed by atoms with van der Waals surface area (Å²) in [5.74, 6) is 0.754. The average Bonchev–Trinajstić information content (AvgIpc) is 3.38. The van der Waals surface area contributed by atoms with Crippen LogP contribution in [0.4, 0.5) is 5.69 Å². The van der Waals surface area contributed by atoms with Crippen LogP contribution in [0.25, 0.3) is 5.69 Å². The summed E-state index contributed by atoms with van der Waals surface area (Å²) in [7, 11) is 0. The van der Waals surface area contributed by atoms with E-state index in [4.69, 9.17) is 16.3 Å². The van der Waals surface area contributed by atoms with Gasteiger partial charge < -0.3 is 14.6 Å². The number of nitriles is 1. The van der Waals surface area contributed by atoms with Crippen molar-refractivity contribution in [3.8, 4) is 11.8 Å². The van der Waals surface area contributed by atoms with Crippen LogP contribution in [0.15, 0.2) is 65.8 Å². The van der Waals surface area contributed by atoms with Crippen molar-refractivity contribution in [1.82, 2.24) is 9.47 Å². The number of rotatable bonds is 10. The van der Waals surface area contributed by atoms with Gasteiger partial charge in [-0.15, -0.1) is 11.8 Å². The third-order valence-electron chi connectivity index (χ3n) is 5.92. The van der Waals surface area contributed by atoms with Crippen LogP contribution in [-0.4, -0.2) is 54.0 Å². The van der Waals surface area contributed by atoms with Crippen molar-refractivity contribution in [2.45, 2.75) is 24.2 Å². The van der Waals surface area contributed by atoms with E-state index in [1.54, 1.807) is 30.1 Å². The highest BCUT2D eigenvalue weighted by Crippen LogP contribution is 2.27. The van der Waals surface area contributed by atoms with E-state index in [0.29, 0.717) is 21.8 Å². The number of amides is 1. The lowest BCUT2D eigenvalue weighted by atomic mass is 10.2. The fraction of sp³-hybridized carbons (Fsp3) is 0.333. The molecule has 0 atom stereocenters. The molecule has 182 valence electrons. The zero-order valence-corrected chi connectivity index (χ0v) is 21.2. The van der Waals surface area contributed by atoms with E-state index in [1.165, 1.54) is 12.8 Å². The summed E-state index contributed by atoms with van der Waals surface area (Å²) in [5, 5.41) is 13.2. The van der Waals surface area contributed by atoms with Gasteiger partial charge in [0.1, 0.15) is 6.07 Å². The number of halogens is 1. The summed E-state index contributed by atoms with van der Waals surface area (Å²) in [5.41, 5.74) is 2.65. The van der Waals surface area contributed by atoms with E-state index < -0.39 is 0 Å². The van der Waals surface area contributed by atoms with Gasteiger partial charge in [0.2, 0.25) is 0 Å². The molecule has 0 bridgehead atoms. The van der Waals surface area contributed by atoms with Crippen LogP contribution >= 0.6 is 23.4 Å². The van der Waals surface area contributed by atoms with Gasteiger partial charge in [-0.25, -0.2) is 0 Å². The third kappa shape index (κ3) is 7.36. The molecule has 4 rings (SSSR count). The molecule has 8 heteroatoms. The van der Waals surface area contributed by atoms with Crippen molar-refractivity contribution in [3.05, 3.63) is 77.1 Å². The van der Waals surface area contributed by atoms with Crippen LogP contribution in [0.1, 0.15) is 35.2 Å². The van der Waals surface area contributed by atoms with Gasteiger partial charge in [-0.05, 0) is 73.7 Å². The SMILES string of the molecule is N#Cc1cc(NC(=O)c2ccn(-c3ccc(Cl)cc3)c2)ccc1SCCCCCN1CCOCC1. The summed E-state index contributed by atoms with van der Waals surface area (Å²) in [6, 6.07) is 17.0. The third-order valence-corrected chi connectivity index (χ3v) is 7.33. The molecule has 0 aliphatic carbocycles. The number of hydrogen-bond acceptors (Lipinski definition) is 5. The Kier molecular flexibility index (Phi) is 9.27. The maximum atomic E-state index is 12.7. The van der Waals surface area contributed by atoms with Crippen molar-refractivity contribution in [2.24, 2.45) is 0 Å². The molecule has 0 unspecified atom stereocenters. The van der Waals surface area contributed by atoms with E-state index >= 15 is 0 Å². The van der Waals surface area contributed by atoms with Gasteiger partial charge >= 0.3 is 0 Å². The van der Waals surface area contributed by atoms with Gasteiger partial charge in [0.25, 0.3) is 5.91 Å². The molecule has 0 radical (unpaired) electrons. The van der Waals surface area contributed by atoms with Gasteiger partial charge in [-0.2, -0.15) is 5.26 Å². The second-order valence-corrected chi connectivity index (χ2v) is 10.00. The number of ether oxygens (including phenoxy) is 1. The second-order valence-electron chi connectivity index (χ2n) is 8.42. The lowest BCUT2D eigenvalue weighted by Crippen LogP contribution is -2.36. The number of benzene rings is 2. The molecule has 1 amide bonds. The van der Waals surface area contributed by atoms with Crippen LogP contribution in [0.3, 0.4) is 0 Å². The van der Waals surface area contributed by atoms with Crippen molar-refractivity contribution >= 4 is 35.0 Å². The molecule has 2 aromatic carbocycles. The molecule has 3 aromatic rings. The predicted octanol–water partition coefficient (Wildman–Crippen LogP) is 5.85. The molecule has 1 N–H and O–H groups in total. The Labute approximate surface area is 215 Å². The zero-order valence-electron chi connectivity index (χ0n) is 19.6. The first-order valence-corrected chi connectivity index (χ1v) is 13.2. The number of nitrogens with zero attached hydrogens (tertiary/aromatic N) is 3. The Morgan fingerprint density at radius 1 is 1.09 bits per heavy atom. The largest absolute Gasteiger partial charge is 0.379 e. The number of aromatic nitrogens is 1. The first-order valence-electron chi connectivity index (χ1n) is 11.8. The number of unbranched alkanes of at least 4 members (excludes halogenated alkanes) is 2. The number of anilines is 1. The van der Waals surface area contributed by atoms with Crippen LogP contribution in [0.2, 0.25) is 5.02 Å². The summed E-state index contributed by atoms with van der Waals surface area (Å²) >= 11 is 7.65. The lowest BCUT2D eigenvalue weighted by Gasteiger charge is -2.26. The lowest BCUT2D eigenvalue weighted by molar-refractivity contribution is 0.0372. The Morgan fingerprint density at radius 3 is 2.66 bits per heavy atom. The quantitative estimate of drug-likeness (QED) is 0.275. The maximum Gasteiger partial charge on any atom is 0.257 e. The first kappa shape index (κ1) is 25.3. The van der Waals surface area contributed by atoms with Gasteiger partial charge in [0.15, 0.2) is 0 Å². The highest BCUT2D eigenvalue weighted by atomic mass is 35.5. The second kappa shape index (κ2) is 12.8. The van der Waals surface area contributed by atoms with Crippen LogP contribution in [-0.2, 0) is 4.74 Å². The Morgan fingerprint density at radius 2 is 1.89 bits per heavy atom. The fourth-order valence-corrected chi connectivity index (χ4v) is 5.07. The molecular weight excluding hydrogens is 480 g/mol. The van der Waals surface area contributed by atoms with Gasteiger partial charge in [0.05, 0.1) is 24.3 Å². The highest BCUT2D eigenvalue weighted by Gasteiger charge is 2.12. The summed E-state index contributed by atoms with van der Waals surface area (Å²) in [6.45, 7) is 4.91. The minimum absolute atomic E-state index is 0.220. The normalized spacial score (nSPS) is 13.9. The minimum atomic E-state index is -0.220. The Hall–Kier alpha value is -2.76. The standard InChI is InChI=1S/C27H29ClN4O2S/c28-23-4-7-25(8-5-23)32-12-10-21(20-32)27(33)30-24-6-9-26(22(18-24)19-29)35-17-3-1-2-11-31-13-15-34-16-14-31/h4-10,12,18,20H,1-3,11,13-17H2,(H,30,33). The number of nitrogens with one attached hydrogen (secondary N) is 1. The van der Waals surface area contributed by atoms with Crippen molar-refractivity contribution in [3.63, 3.8) is 0 Å². The number of hydrogen-bond donors (Lipinski definition) is 1. The minimum Gasteiger partial charge on any atom is -0.379 e. The zero-order chi connectivity index (χ0) is 24.5. The summed E-state index contributed by atoms with van der Waals surface area (Å²) < 4.78 is 7.26. The van der Waals surface area contributed by atoms with E-state index in [0.717, 1.165) is 55.6 Å². The van der Waals surface area contributed by atoms with Crippen LogP contribution < -0.4 is 5.32 Å². The van der Waals surface area contributed by atoms with E-state index in [-0.39, 0.29) is 5.91 Å². The molecule has 1 aliphatic rings. The topological polar surface area (TPSA) is 70.3 Å². The molecule has 6 nitrogen and oxygen atoms in total. The van der Waals surface area contributed by atoms with Crippen LogP contribution in [0.5, 0.6) is 0 Å². The number of carbonyl (C=O) groups excluding carboxylic acids is 1. The van der Waals surface area contributed by atoms with Crippen LogP contribution in [0, 0.1) is 11.3 Å². The molecule has 2 heterocycles. The molecule has 1 aromatic heterocycles. The van der Waals surface area contributed by atoms with Crippen molar-refractivity contribution in [2.75, 3.05) is 43.9 Å². The molecule has 0 saturated carbocycles. The summed E-state index contributed by atoms with van der Waals surface area (Å²) in [6.07, 6.45) is 7.09. The monoisotopic (exact) mass is 508 g/mol. The van der Waals surface area contributed by atoms with E-state index in [2.05, 4.69) is 16.3 Å². The average molecular weight is 509 g/mol. The van der Waals surface area contributed by atoms with Crippen molar-refractivity contribution < 1.29 is 9.53 Å². The molecule has 1 fully saturated rings. The number of carbonyl (C=O) groups is 1. The van der Waals surface area contributed by atoms with Gasteiger partial charge in [-0.1, -0.05) is 18.0 Å². The summed E-state index contributed by atoms with van der Waals surface area (Å²) in [4.78, 5) is 16.2. The first-order chi connectivity index (χ1) is 17.1. The van der Waals surface area contributed by atoms with E-state index in [1.807, 2.05) is 47.2 Å². The molecule has 0 spiro atoms. The van der Waals surface area contributed by atoms with Gasteiger partial charge in [-0.3, -0.25) is 9.69 Å². The smallest absolute Gasteiger partial charge is 0.257 e. The molecule has 1 saturated heterocycles. The molecule has 1 aliphatic heterocycles. The van der Waals surface area contributed by atoms with Crippen molar-refractivity contribution in [1.29, 1.82) is 5.26 Å². The predicted molar refractivity (Wildman–Crippen MR) is 142 cm³/mol. The van der Waals surface area contributed by atoms with Gasteiger partial charge in [0, 0.05) is 46.8 Å². The number of thioether (sulfide) groups is 1. The highest BCUT2D eigenvalue weighted by molar-refractivity contribution is 7.99.